The SMILES string of the molecule is C=C/C=C1\CC(C)N(S(=O)(=O)c2ccc(C)cc2)c2ccccc21. The van der Waals surface area contributed by atoms with E-state index in [1.807, 2.05) is 56.3 Å². The summed E-state index contributed by atoms with van der Waals surface area (Å²) in [4.78, 5) is 0.325. The van der Waals surface area contributed by atoms with Gasteiger partial charge in [-0.25, -0.2) is 8.42 Å². The minimum absolute atomic E-state index is 0.155. The van der Waals surface area contributed by atoms with E-state index in [9.17, 15) is 8.42 Å². The Morgan fingerprint density at radius 1 is 1.12 bits per heavy atom. The molecule has 0 saturated carbocycles. The highest BCUT2D eigenvalue weighted by atomic mass is 32.2. The zero-order valence-electron chi connectivity index (χ0n) is 13.9. The number of allylic oxidation sites excluding steroid dienone is 2. The van der Waals surface area contributed by atoms with Crippen LogP contribution in [-0.4, -0.2) is 14.5 Å². The lowest BCUT2D eigenvalue weighted by atomic mass is 9.93. The van der Waals surface area contributed by atoms with Crippen molar-refractivity contribution in [2.75, 3.05) is 4.31 Å². The van der Waals surface area contributed by atoms with E-state index in [1.165, 1.54) is 0 Å². The fourth-order valence-electron chi connectivity index (χ4n) is 3.18. The Balaban J connectivity index is 2.16. The van der Waals surface area contributed by atoms with Crippen molar-refractivity contribution in [3.63, 3.8) is 0 Å². The molecule has 1 heterocycles. The summed E-state index contributed by atoms with van der Waals surface area (Å²) in [6.45, 7) is 7.66. The summed E-state index contributed by atoms with van der Waals surface area (Å²) in [5, 5.41) is 0. The minimum atomic E-state index is -3.60. The molecule has 3 nitrogen and oxygen atoms in total. The second-order valence-electron chi connectivity index (χ2n) is 6.11. The molecular formula is C20H21NO2S. The van der Waals surface area contributed by atoms with E-state index in [0.29, 0.717) is 11.3 Å². The molecule has 0 N–H and O–H groups in total. The quantitative estimate of drug-likeness (QED) is 0.822. The number of para-hydroxylation sites is 1. The molecule has 0 aliphatic carbocycles. The Morgan fingerprint density at radius 3 is 2.46 bits per heavy atom. The number of hydrogen-bond acceptors (Lipinski definition) is 2. The Kier molecular flexibility index (Phi) is 4.33. The predicted octanol–water partition coefficient (Wildman–Crippen LogP) is 4.55. The Bertz CT molecular complexity index is 895. The fourth-order valence-corrected chi connectivity index (χ4v) is 4.85. The number of fused-ring (bicyclic) bond motifs is 1. The molecule has 2 aromatic rings. The summed E-state index contributed by atoms with van der Waals surface area (Å²) in [5.74, 6) is 0. The van der Waals surface area contributed by atoms with Crippen molar-refractivity contribution in [1.29, 1.82) is 0 Å². The van der Waals surface area contributed by atoms with E-state index in [0.717, 1.165) is 22.4 Å². The lowest BCUT2D eigenvalue weighted by Gasteiger charge is -2.37. The molecule has 0 fully saturated rings. The molecule has 1 atom stereocenters. The smallest absolute Gasteiger partial charge is 0.263 e. The van der Waals surface area contributed by atoms with Crippen LogP contribution in [0.4, 0.5) is 5.69 Å². The maximum absolute atomic E-state index is 13.2. The first-order valence-corrected chi connectivity index (χ1v) is 9.41. The molecule has 2 aromatic carbocycles. The molecular weight excluding hydrogens is 318 g/mol. The molecule has 3 rings (SSSR count). The number of benzene rings is 2. The molecule has 0 amide bonds. The van der Waals surface area contributed by atoms with Gasteiger partial charge in [0.1, 0.15) is 0 Å². The number of sulfonamides is 1. The molecule has 0 spiro atoms. The van der Waals surface area contributed by atoms with Crippen LogP contribution >= 0.6 is 0 Å². The number of hydrogen-bond donors (Lipinski definition) is 0. The zero-order valence-corrected chi connectivity index (χ0v) is 14.8. The maximum atomic E-state index is 13.2. The van der Waals surface area contributed by atoms with Gasteiger partial charge in [-0.2, -0.15) is 0 Å². The third kappa shape index (κ3) is 2.78. The van der Waals surface area contributed by atoms with Gasteiger partial charge >= 0.3 is 0 Å². The van der Waals surface area contributed by atoms with E-state index in [2.05, 4.69) is 6.58 Å². The van der Waals surface area contributed by atoms with Crippen molar-refractivity contribution >= 4 is 21.3 Å². The van der Waals surface area contributed by atoms with Crippen LogP contribution < -0.4 is 4.31 Å². The van der Waals surface area contributed by atoms with Gasteiger partial charge in [-0.3, -0.25) is 4.31 Å². The lowest BCUT2D eigenvalue weighted by Crippen LogP contribution is -2.41. The van der Waals surface area contributed by atoms with Gasteiger partial charge in [0.2, 0.25) is 0 Å². The summed E-state index contributed by atoms with van der Waals surface area (Å²) in [6, 6.07) is 14.5. The van der Waals surface area contributed by atoms with Gasteiger partial charge in [-0.15, -0.1) is 0 Å². The Morgan fingerprint density at radius 2 is 1.79 bits per heavy atom. The van der Waals surface area contributed by atoms with Gasteiger partial charge in [0.25, 0.3) is 10.0 Å². The second-order valence-corrected chi connectivity index (χ2v) is 7.93. The zero-order chi connectivity index (χ0) is 17.3. The third-order valence-electron chi connectivity index (χ3n) is 4.30. The van der Waals surface area contributed by atoms with Gasteiger partial charge in [0, 0.05) is 11.6 Å². The summed E-state index contributed by atoms with van der Waals surface area (Å²) in [5.41, 5.74) is 3.83. The summed E-state index contributed by atoms with van der Waals surface area (Å²) in [7, 11) is -3.60. The average Bonchev–Trinajstić information content (AvgIpc) is 2.55. The van der Waals surface area contributed by atoms with Gasteiger partial charge < -0.3 is 0 Å². The van der Waals surface area contributed by atoms with E-state index in [-0.39, 0.29) is 6.04 Å². The first-order valence-electron chi connectivity index (χ1n) is 7.97. The monoisotopic (exact) mass is 339 g/mol. The molecule has 1 unspecified atom stereocenters. The number of aryl methyl sites for hydroxylation is 1. The van der Waals surface area contributed by atoms with Crippen LogP contribution in [0.3, 0.4) is 0 Å². The van der Waals surface area contributed by atoms with Crippen molar-refractivity contribution < 1.29 is 8.42 Å². The van der Waals surface area contributed by atoms with Crippen molar-refractivity contribution in [2.45, 2.75) is 31.2 Å². The predicted molar refractivity (Wildman–Crippen MR) is 99.5 cm³/mol. The van der Waals surface area contributed by atoms with E-state index < -0.39 is 10.0 Å². The minimum Gasteiger partial charge on any atom is -0.263 e. The van der Waals surface area contributed by atoms with Crippen LogP contribution in [0.15, 0.2) is 72.2 Å². The molecule has 0 aromatic heterocycles. The highest BCUT2D eigenvalue weighted by molar-refractivity contribution is 7.92. The summed E-state index contributed by atoms with van der Waals surface area (Å²) >= 11 is 0. The largest absolute Gasteiger partial charge is 0.264 e. The normalized spacial score (nSPS) is 19.2. The molecule has 4 heteroatoms. The van der Waals surface area contributed by atoms with Gasteiger partial charge in [-0.05, 0) is 44.0 Å². The van der Waals surface area contributed by atoms with Crippen LogP contribution in [0.5, 0.6) is 0 Å². The standard InChI is InChI=1S/C20H21NO2S/c1-4-7-17-14-16(3)21(20-9-6-5-8-19(17)20)24(22,23)18-12-10-15(2)11-13-18/h4-13,16H,1,14H2,2-3H3/b17-7+. The highest BCUT2D eigenvalue weighted by Gasteiger charge is 2.35. The van der Waals surface area contributed by atoms with Crippen LogP contribution in [0.25, 0.3) is 5.57 Å². The fraction of sp³-hybridized carbons (Fsp3) is 0.200. The third-order valence-corrected chi connectivity index (χ3v) is 6.24. The topological polar surface area (TPSA) is 37.4 Å². The van der Waals surface area contributed by atoms with Crippen LogP contribution in [0.2, 0.25) is 0 Å². The number of nitrogens with zero attached hydrogens (tertiary/aromatic N) is 1. The van der Waals surface area contributed by atoms with Crippen molar-refractivity contribution in [1.82, 2.24) is 0 Å². The van der Waals surface area contributed by atoms with Crippen LogP contribution in [0.1, 0.15) is 24.5 Å². The molecule has 1 aliphatic heterocycles. The van der Waals surface area contributed by atoms with Crippen molar-refractivity contribution in [3.05, 3.63) is 78.4 Å². The van der Waals surface area contributed by atoms with Gasteiger partial charge in [-0.1, -0.05) is 54.6 Å². The molecule has 0 bridgehead atoms. The molecule has 0 saturated heterocycles. The van der Waals surface area contributed by atoms with Crippen LogP contribution in [-0.2, 0) is 10.0 Å². The Hall–Kier alpha value is -2.33. The summed E-state index contributed by atoms with van der Waals surface area (Å²) < 4.78 is 28.0. The molecule has 124 valence electrons. The van der Waals surface area contributed by atoms with Gasteiger partial charge in [0.05, 0.1) is 10.6 Å². The van der Waals surface area contributed by atoms with Gasteiger partial charge in [0.15, 0.2) is 0 Å². The number of rotatable bonds is 3. The van der Waals surface area contributed by atoms with E-state index >= 15 is 0 Å². The first kappa shape index (κ1) is 16.5. The summed E-state index contributed by atoms with van der Waals surface area (Å²) in [6.07, 6.45) is 4.38. The van der Waals surface area contributed by atoms with Crippen molar-refractivity contribution in [3.8, 4) is 0 Å². The molecule has 0 radical (unpaired) electrons. The average molecular weight is 339 g/mol. The van der Waals surface area contributed by atoms with E-state index in [4.69, 9.17) is 0 Å². The van der Waals surface area contributed by atoms with E-state index in [1.54, 1.807) is 22.5 Å². The molecule has 24 heavy (non-hydrogen) atoms. The lowest BCUT2D eigenvalue weighted by molar-refractivity contribution is 0.579. The number of anilines is 1. The Labute approximate surface area is 144 Å². The van der Waals surface area contributed by atoms with Crippen LogP contribution in [0, 0.1) is 6.92 Å². The second kappa shape index (κ2) is 6.29. The maximum Gasteiger partial charge on any atom is 0.264 e. The first-order chi connectivity index (χ1) is 11.4. The highest BCUT2D eigenvalue weighted by Crippen LogP contribution is 2.40. The molecule has 1 aliphatic rings. The van der Waals surface area contributed by atoms with Crippen molar-refractivity contribution in [2.24, 2.45) is 0 Å².